The van der Waals surface area contributed by atoms with Crippen LogP contribution in [0, 0.1) is 6.92 Å². The number of thioether (sulfide) groups is 1. The molecule has 0 aliphatic rings. The summed E-state index contributed by atoms with van der Waals surface area (Å²) in [7, 11) is 0. The number of rotatable bonds is 5. The minimum atomic E-state index is 0.911. The third kappa shape index (κ3) is 2.96. The maximum atomic E-state index is 2.50. The van der Waals surface area contributed by atoms with Crippen molar-refractivity contribution < 1.29 is 0 Å². The van der Waals surface area contributed by atoms with Crippen molar-refractivity contribution in [2.75, 3.05) is 5.75 Å². The van der Waals surface area contributed by atoms with E-state index in [0.717, 1.165) is 12.3 Å². The molecule has 0 aliphatic carbocycles. The Hall–Kier alpha value is -2.19. The Morgan fingerprint density at radius 3 is 2.44 bits per heavy atom. The second-order valence-corrected chi connectivity index (χ2v) is 7.68. The van der Waals surface area contributed by atoms with Gasteiger partial charge in [-0.1, -0.05) is 61.5 Å². The lowest BCUT2D eigenvalue weighted by atomic mass is 10.1. The Bertz CT molecular complexity index is 1010. The molecule has 0 atom stereocenters. The second-order valence-electron chi connectivity index (χ2n) is 6.54. The van der Waals surface area contributed by atoms with Crippen LogP contribution in [0.2, 0.25) is 0 Å². The van der Waals surface area contributed by atoms with E-state index in [1.165, 1.54) is 44.2 Å². The van der Waals surface area contributed by atoms with E-state index in [1.807, 2.05) is 11.8 Å². The lowest BCUT2D eigenvalue weighted by Crippen LogP contribution is -2.00. The molecule has 1 nitrogen and oxygen atoms in total. The molecular formula is C23H23NS. The Labute approximate surface area is 153 Å². The molecule has 0 N–H and O–H groups in total. The molecule has 0 fully saturated rings. The standard InChI is InChI=1S/C23H23NS/c1-3-15-25-21-14-13-17(2)22-19-11-7-8-12-20(19)24(23(21)22)16-18-9-5-4-6-10-18/h4-14H,3,15-16H2,1-2H3. The highest BCUT2D eigenvalue weighted by molar-refractivity contribution is 7.99. The molecule has 0 amide bonds. The van der Waals surface area contributed by atoms with Gasteiger partial charge in [0.15, 0.2) is 0 Å². The smallest absolute Gasteiger partial charge is 0.0635 e. The van der Waals surface area contributed by atoms with Crippen LogP contribution < -0.4 is 0 Å². The molecule has 1 heterocycles. The molecule has 0 unspecified atom stereocenters. The first-order chi connectivity index (χ1) is 12.3. The van der Waals surface area contributed by atoms with Gasteiger partial charge in [-0.2, -0.15) is 0 Å². The van der Waals surface area contributed by atoms with Gasteiger partial charge in [0.05, 0.1) is 5.52 Å². The zero-order chi connectivity index (χ0) is 17.2. The number of hydrogen-bond donors (Lipinski definition) is 0. The van der Waals surface area contributed by atoms with Crippen LogP contribution in [0.15, 0.2) is 71.6 Å². The lowest BCUT2D eigenvalue weighted by molar-refractivity contribution is 0.862. The van der Waals surface area contributed by atoms with E-state index in [1.54, 1.807) is 0 Å². The average Bonchev–Trinajstić information content (AvgIpc) is 2.98. The van der Waals surface area contributed by atoms with Crippen LogP contribution in [0.1, 0.15) is 24.5 Å². The fourth-order valence-corrected chi connectivity index (χ4v) is 4.52. The fourth-order valence-electron chi connectivity index (χ4n) is 3.58. The summed E-state index contributed by atoms with van der Waals surface area (Å²) in [6.45, 7) is 5.39. The molecular weight excluding hydrogens is 322 g/mol. The molecule has 2 heteroatoms. The molecule has 0 spiro atoms. The summed E-state index contributed by atoms with van der Waals surface area (Å²) in [5.74, 6) is 1.16. The highest BCUT2D eigenvalue weighted by Gasteiger charge is 2.16. The van der Waals surface area contributed by atoms with Gasteiger partial charge in [0, 0.05) is 27.7 Å². The van der Waals surface area contributed by atoms with Crippen LogP contribution in [-0.2, 0) is 6.54 Å². The third-order valence-corrected chi connectivity index (χ3v) is 5.98. The van der Waals surface area contributed by atoms with Gasteiger partial charge in [0.25, 0.3) is 0 Å². The summed E-state index contributed by atoms with van der Waals surface area (Å²) in [5.41, 5.74) is 5.43. The third-order valence-electron chi connectivity index (χ3n) is 4.73. The number of fused-ring (bicyclic) bond motifs is 3. The Morgan fingerprint density at radius 2 is 1.64 bits per heavy atom. The van der Waals surface area contributed by atoms with E-state index in [2.05, 4.69) is 85.1 Å². The highest BCUT2D eigenvalue weighted by Crippen LogP contribution is 2.38. The maximum Gasteiger partial charge on any atom is 0.0635 e. The zero-order valence-electron chi connectivity index (χ0n) is 14.8. The molecule has 4 rings (SSSR count). The normalized spacial score (nSPS) is 11.4. The number of aromatic nitrogens is 1. The molecule has 1 aromatic heterocycles. The quantitative estimate of drug-likeness (QED) is 0.366. The minimum Gasteiger partial charge on any atom is -0.335 e. The second kappa shape index (κ2) is 6.97. The number of aryl methyl sites for hydroxylation is 1. The van der Waals surface area contributed by atoms with Crippen molar-refractivity contribution >= 4 is 33.6 Å². The van der Waals surface area contributed by atoms with Crippen molar-refractivity contribution in [3.8, 4) is 0 Å². The average molecular weight is 346 g/mol. The van der Waals surface area contributed by atoms with Crippen molar-refractivity contribution in [2.45, 2.75) is 31.7 Å². The van der Waals surface area contributed by atoms with Crippen LogP contribution in [0.25, 0.3) is 21.8 Å². The first kappa shape index (κ1) is 16.3. The largest absolute Gasteiger partial charge is 0.335 e. The van der Waals surface area contributed by atoms with Crippen molar-refractivity contribution in [2.24, 2.45) is 0 Å². The summed E-state index contributed by atoms with van der Waals surface area (Å²) in [5, 5.41) is 2.78. The topological polar surface area (TPSA) is 4.93 Å². The van der Waals surface area contributed by atoms with Crippen LogP contribution in [0.4, 0.5) is 0 Å². The van der Waals surface area contributed by atoms with Gasteiger partial charge in [-0.05, 0) is 42.4 Å². The van der Waals surface area contributed by atoms with Crippen molar-refractivity contribution in [1.82, 2.24) is 4.57 Å². The summed E-state index contributed by atoms with van der Waals surface area (Å²) in [4.78, 5) is 1.40. The van der Waals surface area contributed by atoms with Crippen LogP contribution >= 0.6 is 11.8 Å². The van der Waals surface area contributed by atoms with E-state index in [0.29, 0.717) is 0 Å². The van der Waals surface area contributed by atoms with Gasteiger partial charge in [0.1, 0.15) is 0 Å². The molecule has 0 bridgehead atoms. The monoisotopic (exact) mass is 345 g/mol. The van der Waals surface area contributed by atoms with E-state index in [-0.39, 0.29) is 0 Å². The molecule has 0 radical (unpaired) electrons. The number of hydrogen-bond acceptors (Lipinski definition) is 1. The van der Waals surface area contributed by atoms with Crippen LogP contribution in [0.3, 0.4) is 0 Å². The summed E-state index contributed by atoms with van der Waals surface area (Å²) in [6.07, 6.45) is 1.19. The zero-order valence-corrected chi connectivity index (χ0v) is 15.6. The van der Waals surface area contributed by atoms with Crippen LogP contribution in [0.5, 0.6) is 0 Å². The van der Waals surface area contributed by atoms with E-state index in [4.69, 9.17) is 0 Å². The fraction of sp³-hybridized carbons (Fsp3) is 0.217. The predicted octanol–water partition coefficient (Wildman–Crippen LogP) is 6.65. The van der Waals surface area contributed by atoms with E-state index >= 15 is 0 Å². The summed E-state index contributed by atoms with van der Waals surface area (Å²) < 4.78 is 2.50. The highest BCUT2D eigenvalue weighted by atomic mass is 32.2. The van der Waals surface area contributed by atoms with Gasteiger partial charge < -0.3 is 4.57 Å². The van der Waals surface area contributed by atoms with Gasteiger partial charge >= 0.3 is 0 Å². The summed E-state index contributed by atoms with van der Waals surface area (Å²) >= 11 is 1.98. The first-order valence-corrected chi connectivity index (χ1v) is 9.95. The minimum absolute atomic E-state index is 0.911. The predicted molar refractivity (Wildman–Crippen MR) is 111 cm³/mol. The molecule has 4 aromatic rings. The lowest BCUT2D eigenvalue weighted by Gasteiger charge is -2.12. The number of para-hydroxylation sites is 1. The van der Waals surface area contributed by atoms with Gasteiger partial charge in [-0.15, -0.1) is 11.8 Å². The Kier molecular flexibility index (Phi) is 4.54. The molecule has 3 aromatic carbocycles. The number of nitrogens with zero attached hydrogens (tertiary/aromatic N) is 1. The van der Waals surface area contributed by atoms with Crippen molar-refractivity contribution in [3.63, 3.8) is 0 Å². The van der Waals surface area contributed by atoms with Gasteiger partial charge in [-0.3, -0.25) is 0 Å². The molecule has 126 valence electrons. The molecule has 0 saturated heterocycles. The number of benzene rings is 3. The van der Waals surface area contributed by atoms with Crippen molar-refractivity contribution in [3.05, 3.63) is 77.9 Å². The van der Waals surface area contributed by atoms with Crippen LogP contribution in [-0.4, -0.2) is 10.3 Å². The van der Waals surface area contributed by atoms with Gasteiger partial charge in [-0.25, -0.2) is 0 Å². The summed E-state index contributed by atoms with van der Waals surface area (Å²) in [6, 6.07) is 24.2. The van der Waals surface area contributed by atoms with Crippen molar-refractivity contribution in [1.29, 1.82) is 0 Å². The molecule has 25 heavy (non-hydrogen) atoms. The molecule has 0 aliphatic heterocycles. The van der Waals surface area contributed by atoms with Gasteiger partial charge in [0.2, 0.25) is 0 Å². The Morgan fingerprint density at radius 1 is 0.880 bits per heavy atom. The first-order valence-electron chi connectivity index (χ1n) is 8.97. The maximum absolute atomic E-state index is 2.50. The van der Waals surface area contributed by atoms with E-state index in [9.17, 15) is 0 Å². The Balaban J connectivity index is 2.01. The SMILES string of the molecule is CCCSc1ccc(C)c2c3ccccc3n(Cc3ccccc3)c12. The van der Waals surface area contributed by atoms with E-state index < -0.39 is 0 Å². The molecule has 0 saturated carbocycles.